The fraction of sp³-hybridized carbons (Fsp3) is 0.750. The minimum absolute atomic E-state index is 0.356. The summed E-state index contributed by atoms with van der Waals surface area (Å²) in [5.41, 5.74) is 0. The van der Waals surface area contributed by atoms with Crippen LogP contribution in [0, 0.1) is 5.92 Å². The number of hydrogen-bond acceptors (Lipinski definition) is 2. The highest BCUT2D eigenvalue weighted by Gasteiger charge is 1.79. The zero-order valence-corrected chi connectivity index (χ0v) is 4.05. The summed E-state index contributed by atoms with van der Waals surface area (Å²) in [7, 11) is 0. The van der Waals surface area contributed by atoms with Crippen molar-refractivity contribution in [2.24, 2.45) is 11.1 Å². The van der Waals surface area contributed by atoms with Crippen LogP contribution < -0.4 is 0 Å². The molecule has 0 aromatic carbocycles. The van der Waals surface area contributed by atoms with Crippen molar-refractivity contribution < 1.29 is 5.21 Å². The van der Waals surface area contributed by atoms with Crippen molar-refractivity contribution in [1.29, 1.82) is 0 Å². The molecule has 0 atom stereocenters. The summed E-state index contributed by atoms with van der Waals surface area (Å²) >= 11 is 0. The Bertz CT molecular complexity index is 49.5. The molecule has 0 unspecified atom stereocenters. The van der Waals surface area contributed by atoms with E-state index in [9.17, 15) is 0 Å². The van der Waals surface area contributed by atoms with E-state index in [2.05, 4.69) is 5.16 Å². The topological polar surface area (TPSA) is 32.6 Å². The van der Waals surface area contributed by atoms with Gasteiger partial charge >= 0.3 is 0 Å². The molecular weight excluding hydrogens is 78.0 g/mol. The van der Waals surface area contributed by atoms with Gasteiger partial charge in [0.15, 0.2) is 0 Å². The number of oxime groups is 1. The Morgan fingerprint density at radius 1 is 1.67 bits per heavy atom. The van der Waals surface area contributed by atoms with E-state index in [0.29, 0.717) is 5.92 Å². The third-order valence-corrected chi connectivity index (χ3v) is 0.365. The van der Waals surface area contributed by atoms with Crippen LogP contribution in [0.2, 0.25) is 0 Å². The summed E-state index contributed by atoms with van der Waals surface area (Å²) in [6.45, 7) is 3.89. The Kier molecular flexibility index (Phi) is 2.46. The lowest BCUT2D eigenvalue weighted by atomic mass is 10.3. The molecule has 0 saturated heterocycles. The minimum atomic E-state index is 0.356. The van der Waals surface area contributed by atoms with Gasteiger partial charge in [0.2, 0.25) is 0 Å². The van der Waals surface area contributed by atoms with Crippen LogP contribution in [0.15, 0.2) is 5.16 Å². The van der Waals surface area contributed by atoms with Crippen LogP contribution in [-0.4, -0.2) is 11.4 Å². The molecule has 0 spiro atoms. The first kappa shape index (κ1) is 5.47. The van der Waals surface area contributed by atoms with Gasteiger partial charge in [-0.25, -0.2) is 0 Å². The minimum Gasteiger partial charge on any atom is -0.411 e. The second-order valence-corrected chi connectivity index (χ2v) is 1.51. The van der Waals surface area contributed by atoms with Gasteiger partial charge in [0.05, 0.1) is 0 Å². The predicted octanol–water partition coefficient (Wildman–Crippen LogP) is 1.10. The molecule has 1 N–H and O–H groups in total. The summed E-state index contributed by atoms with van der Waals surface area (Å²) in [6, 6.07) is 0. The largest absolute Gasteiger partial charge is 0.411 e. The van der Waals surface area contributed by atoms with E-state index in [4.69, 9.17) is 5.21 Å². The molecule has 2 nitrogen and oxygen atoms in total. The zero-order chi connectivity index (χ0) is 4.99. The molecule has 0 radical (unpaired) electrons. The van der Waals surface area contributed by atoms with E-state index in [1.54, 1.807) is 0 Å². The van der Waals surface area contributed by atoms with Crippen LogP contribution in [0.1, 0.15) is 13.8 Å². The Labute approximate surface area is 37.5 Å². The molecule has 6 heavy (non-hydrogen) atoms. The van der Waals surface area contributed by atoms with Gasteiger partial charge in [-0.2, -0.15) is 0 Å². The van der Waals surface area contributed by atoms with Crippen LogP contribution >= 0.6 is 0 Å². The van der Waals surface area contributed by atoms with Gasteiger partial charge in [0.25, 0.3) is 0 Å². The molecule has 0 aliphatic rings. The molecule has 0 rings (SSSR count). The Morgan fingerprint density at radius 3 is 2.17 bits per heavy atom. The van der Waals surface area contributed by atoms with E-state index in [0.717, 1.165) is 0 Å². The number of hydrogen-bond donors (Lipinski definition) is 1. The van der Waals surface area contributed by atoms with Crippen molar-refractivity contribution in [3.8, 4) is 0 Å². The van der Waals surface area contributed by atoms with Gasteiger partial charge in [-0.3, -0.25) is 0 Å². The van der Waals surface area contributed by atoms with Gasteiger partial charge in [0.1, 0.15) is 0 Å². The monoisotopic (exact) mass is 87.1 g/mol. The highest BCUT2D eigenvalue weighted by Crippen LogP contribution is 1.81. The van der Waals surface area contributed by atoms with E-state index in [1.807, 2.05) is 13.8 Å². The first-order valence-electron chi connectivity index (χ1n) is 1.95. The van der Waals surface area contributed by atoms with Gasteiger partial charge in [-0.15, -0.1) is 5.16 Å². The SMILES string of the molecule is CC(C)/C=N/O. The van der Waals surface area contributed by atoms with Crippen molar-refractivity contribution in [1.82, 2.24) is 0 Å². The number of nitrogens with zero attached hydrogens (tertiary/aromatic N) is 1. The first-order valence-corrected chi connectivity index (χ1v) is 1.95. The van der Waals surface area contributed by atoms with Gasteiger partial charge in [-0.05, 0) is 5.92 Å². The van der Waals surface area contributed by atoms with Crippen molar-refractivity contribution in [3.63, 3.8) is 0 Å². The maximum absolute atomic E-state index is 7.81. The highest BCUT2D eigenvalue weighted by molar-refractivity contribution is 5.58. The van der Waals surface area contributed by atoms with E-state index in [1.165, 1.54) is 6.21 Å². The third kappa shape index (κ3) is 3.47. The van der Waals surface area contributed by atoms with Gasteiger partial charge in [0, 0.05) is 6.21 Å². The third-order valence-electron chi connectivity index (χ3n) is 0.365. The first-order chi connectivity index (χ1) is 2.77. The standard InChI is InChI=1S/C4H9NO/c1-4(2)3-5-6/h3-4,6H,1-2H3/b5-3+. The molecule has 0 fully saturated rings. The molecule has 0 aliphatic carbocycles. The zero-order valence-electron chi connectivity index (χ0n) is 4.05. The molecule has 0 aromatic rings. The summed E-state index contributed by atoms with van der Waals surface area (Å²) in [6.07, 6.45) is 1.47. The molecule has 0 heterocycles. The maximum Gasteiger partial charge on any atom is 0.0461 e. The van der Waals surface area contributed by atoms with E-state index < -0.39 is 0 Å². The molecular formula is C4H9NO. The van der Waals surface area contributed by atoms with Crippen molar-refractivity contribution in [2.75, 3.05) is 0 Å². The molecule has 0 bridgehead atoms. The van der Waals surface area contributed by atoms with Crippen LogP contribution in [0.25, 0.3) is 0 Å². The van der Waals surface area contributed by atoms with Crippen molar-refractivity contribution in [3.05, 3.63) is 0 Å². The average molecular weight is 87.1 g/mol. The summed E-state index contributed by atoms with van der Waals surface area (Å²) in [5, 5.41) is 10.6. The van der Waals surface area contributed by atoms with E-state index >= 15 is 0 Å². The fourth-order valence-corrected chi connectivity index (χ4v) is 0.133. The van der Waals surface area contributed by atoms with Crippen molar-refractivity contribution in [2.45, 2.75) is 13.8 Å². The predicted molar refractivity (Wildman–Crippen MR) is 25.1 cm³/mol. The fourth-order valence-electron chi connectivity index (χ4n) is 0.133. The van der Waals surface area contributed by atoms with Crippen LogP contribution in [0.3, 0.4) is 0 Å². The summed E-state index contributed by atoms with van der Waals surface area (Å²) < 4.78 is 0. The smallest absolute Gasteiger partial charge is 0.0461 e. The van der Waals surface area contributed by atoms with Crippen LogP contribution in [0.5, 0.6) is 0 Å². The molecule has 0 aromatic heterocycles. The van der Waals surface area contributed by atoms with Crippen LogP contribution in [-0.2, 0) is 0 Å². The summed E-state index contributed by atoms with van der Waals surface area (Å²) in [4.78, 5) is 0. The van der Waals surface area contributed by atoms with Crippen LogP contribution in [0.4, 0.5) is 0 Å². The molecule has 0 amide bonds. The Morgan fingerprint density at radius 2 is 2.17 bits per heavy atom. The maximum atomic E-state index is 7.81. The molecule has 0 saturated carbocycles. The highest BCUT2D eigenvalue weighted by atomic mass is 16.4. The average Bonchev–Trinajstić information content (AvgIpc) is 1.35. The molecule has 36 valence electrons. The normalized spacial score (nSPS) is 11.2. The second kappa shape index (κ2) is 2.69. The lowest BCUT2D eigenvalue weighted by Gasteiger charge is -1.84. The summed E-state index contributed by atoms with van der Waals surface area (Å²) in [5.74, 6) is 0.356. The Balaban J connectivity index is 3.03. The lowest BCUT2D eigenvalue weighted by Crippen LogP contribution is -1.84. The van der Waals surface area contributed by atoms with E-state index in [-0.39, 0.29) is 0 Å². The quantitative estimate of drug-likeness (QED) is 0.290. The van der Waals surface area contributed by atoms with Gasteiger partial charge in [-0.1, -0.05) is 13.8 Å². The molecule has 2 heteroatoms. The van der Waals surface area contributed by atoms with Gasteiger partial charge < -0.3 is 5.21 Å². The second-order valence-electron chi connectivity index (χ2n) is 1.51. The lowest BCUT2D eigenvalue weighted by molar-refractivity contribution is 0.319. The number of rotatable bonds is 1. The Hall–Kier alpha value is -0.530. The molecule has 0 aliphatic heterocycles. The van der Waals surface area contributed by atoms with Crippen molar-refractivity contribution >= 4 is 6.21 Å².